The molecule has 106 valence electrons. The molecular weight excluding hydrogens is 269 g/mol. The van der Waals surface area contributed by atoms with Crippen LogP contribution < -0.4 is 5.32 Å². The van der Waals surface area contributed by atoms with E-state index in [4.69, 9.17) is 0 Å². The Hall–Kier alpha value is -0.220. The molecule has 2 rings (SSSR count). The third-order valence-corrected chi connectivity index (χ3v) is 3.67. The van der Waals surface area contributed by atoms with Gasteiger partial charge in [0.1, 0.15) is 0 Å². The van der Waals surface area contributed by atoms with Crippen LogP contribution in [0.5, 0.6) is 0 Å². The molecule has 0 radical (unpaired) electrons. The van der Waals surface area contributed by atoms with Gasteiger partial charge in [-0.05, 0) is 18.1 Å². The molecular formula is C13H25Cl2N3. The van der Waals surface area contributed by atoms with Crippen molar-refractivity contribution in [3.8, 4) is 0 Å². The van der Waals surface area contributed by atoms with Crippen LogP contribution in [-0.2, 0) is 0 Å². The van der Waals surface area contributed by atoms with Gasteiger partial charge in [-0.2, -0.15) is 0 Å². The average molecular weight is 294 g/mol. The minimum absolute atomic E-state index is 0. The fourth-order valence-corrected chi connectivity index (χ4v) is 2.57. The van der Waals surface area contributed by atoms with Crippen molar-refractivity contribution in [1.82, 2.24) is 15.2 Å². The SMILES string of the molecule is CCC(C)[C@@H](c1ccc[nH]1)N1CCNCC1.Cl.Cl. The van der Waals surface area contributed by atoms with Crippen molar-refractivity contribution in [1.29, 1.82) is 0 Å². The van der Waals surface area contributed by atoms with E-state index in [0.717, 1.165) is 26.2 Å². The van der Waals surface area contributed by atoms with Crippen molar-refractivity contribution in [3.05, 3.63) is 24.0 Å². The first kappa shape index (κ1) is 17.8. The van der Waals surface area contributed by atoms with E-state index in [9.17, 15) is 0 Å². The monoisotopic (exact) mass is 293 g/mol. The lowest BCUT2D eigenvalue weighted by Crippen LogP contribution is -2.46. The second-order valence-electron chi connectivity index (χ2n) is 4.74. The van der Waals surface area contributed by atoms with Crippen LogP contribution in [0.4, 0.5) is 0 Å². The van der Waals surface area contributed by atoms with Crippen LogP contribution in [0.3, 0.4) is 0 Å². The van der Waals surface area contributed by atoms with Crippen LogP contribution in [0, 0.1) is 5.92 Å². The quantitative estimate of drug-likeness (QED) is 0.894. The Kier molecular flexibility index (Phi) is 8.70. The standard InChI is InChI=1S/C13H23N3.2ClH/c1-3-11(2)13(12-5-4-6-15-12)16-9-7-14-8-10-16;;/h4-6,11,13-15H,3,7-10H2,1-2H3;2*1H/t11?,13-;;/m0../s1. The molecule has 1 aromatic heterocycles. The van der Waals surface area contributed by atoms with Crippen molar-refractivity contribution in [2.45, 2.75) is 26.3 Å². The Morgan fingerprint density at radius 3 is 2.44 bits per heavy atom. The lowest BCUT2D eigenvalue weighted by Gasteiger charge is -2.37. The molecule has 0 aromatic carbocycles. The van der Waals surface area contributed by atoms with Gasteiger partial charge >= 0.3 is 0 Å². The number of piperazine rings is 1. The predicted octanol–water partition coefficient (Wildman–Crippen LogP) is 2.85. The van der Waals surface area contributed by atoms with Gasteiger partial charge in [0, 0.05) is 38.1 Å². The number of aromatic nitrogens is 1. The molecule has 0 amide bonds. The number of hydrogen-bond acceptors (Lipinski definition) is 2. The van der Waals surface area contributed by atoms with Gasteiger partial charge in [0.05, 0.1) is 6.04 Å². The van der Waals surface area contributed by atoms with Crippen molar-refractivity contribution in [2.24, 2.45) is 5.92 Å². The molecule has 18 heavy (non-hydrogen) atoms. The van der Waals surface area contributed by atoms with Gasteiger partial charge in [0.15, 0.2) is 0 Å². The summed E-state index contributed by atoms with van der Waals surface area (Å²) < 4.78 is 0. The van der Waals surface area contributed by atoms with E-state index in [1.807, 2.05) is 6.20 Å². The van der Waals surface area contributed by atoms with Gasteiger partial charge in [-0.1, -0.05) is 20.3 Å². The van der Waals surface area contributed by atoms with Gasteiger partial charge < -0.3 is 10.3 Å². The van der Waals surface area contributed by atoms with E-state index >= 15 is 0 Å². The Morgan fingerprint density at radius 1 is 1.28 bits per heavy atom. The fraction of sp³-hybridized carbons (Fsp3) is 0.692. The van der Waals surface area contributed by atoms with Gasteiger partial charge in [0.25, 0.3) is 0 Å². The lowest BCUT2D eigenvalue weighted by molar-refractivity contribution is 0.126. The molecule has 1 aliphatic rings. The maximum absolute atomic E-state index is 3.42. The average Bonchev–Trinajstić information content (AvgIpc) is 2.84. The topological polar surface area (TPSA) is 31.1 Å². The van der Waals surface area contributed by atoms with Crippen LogP contribution in [0.2, 0.25) is 0 Å². The minimum Gasteiger partial charge on any atom is -0.364 e. The molecule has 0 bridgehead atoms. The highest BCUT2D eigenvalue weighted by Crippen LogP contribution is 2.29. The molecule has 1 aliphatic heterocycles. The fourth-order valence-electron chi connectivity index (χ4n) is 2.57. The second kappa shape index (κ2) is 8.81. The third kappa shape index (κ3) is 4.16. The Balaban J connectivity index is 0.00000144. The predicted molar refractivity (Wildman–Crippen MR) is 81.9 cm³/mol. The molecule has 1 unspecified atom stereocenters. The van der Waals surface area contributed by atoms with Crippen LogP contribution >= 0.6 is 24.8 Å². The number of hydrogen-bond donors (Lipinski definition) is 2. The Labute approximate surface area is 123 Å². The number of aromatic amines is 1. The highest BCUT2D eigenvalue weighted by Gasteiger charge is 2.26. The lowest BCUT2D eigenvalue weighted by atomic mass is 9.94. The number of rotatable bonds is 4. The summed E-state index contributed by atoms with van der Waals surface area (Å²) >= 11 is 0. The molecule has 1 fully saturated rings. The van der Waals surface area contributed by atoms with Gasteiger partial charge in [-0.25, -0.2) is 0 Å². The van der Waals surface area contributed by atoms with E-state index in [0.29, 0.717) is 12.0 Å². The molecule has 3 nitrogen and oxygen atoms in total. The normalized spacial score (nSPS) is 19.4. The third-order valence-electron chi connectivity index (χ3n) is 3.67. The molecule has 5 heteroatoms. The van der Waals surface area contributed by atoms with Crippen LogP contribution in [0.25, 0.3) is 0 Å². The number of nitrogens with zero attached hydrogens (tertiary/aromatic N) is 1. The summed E-state index contributed by atoms with van der Waals surface area (Å²) in [5.74, 6) is 0.705. The van der Waals surface area contributed by atoms with Crippen LogP contribution in [0.15, 0.2) is 18.3 Å². The molecule has 2 heterocycles. The number of halogens is 2. The summed E-state index contributed by atoms with van der Waals surface area (Å²) in [6.07, 6.45) is 3.26. The van der Waals surface area contributed by atoms with E-state index in [1.54, 1.807) is 0 Å². The molecule has 0 saturated carbocycles. The molecule has 0 aliphatic carbocycles. The smallest absolute Gasteiger partial charge is 0.0524 e. The van der Waals surface area contributed by atoms with Gasteiger partial charge in [-0.15, -0.1) is 24.8 Å². The highest BCUT2D eigenvalue weighted by molar-refractivity contribution is 5.85. The van der Waals surface area contributed by atoms with Crippen LogP contribution in [-0.4, -0.2) is 36.1 Å². The molecule has 2 N–H and O–H groups in total. The van der Waals surface area contributed by atoms with E-state index in [1.165, 1.54) is 12.1 Å². The first-order valence-corrected chi connectivity index (χ1v) is 6.41. The maximum atomic E-state index is 3.42. The summed E-state index contributed by atoms with van der Waals surface area (Å²) in [5.41, 5.74) is 1.37. The molecule has 0 spiro atoms. The zero-order valence-electron chi connectivity index (χ0n) is 11.2. The van der Waals surface area contributed by atoms with Crippen molar-refractivity contribution in [3.63, 3.8) is 0 Å². The van der Waals surface area contributed by atoms with Crippen molar-refractivity contribution < 1.29 is 0 Å². The van der Waals surface area contributed by atoms with Gasteiger partial charge in [-0.3, -0.25) is 4.90 Å². The first-order chi connectivity index (χ1) is 7.83. The van der Waals surface area contributed by atoms with Gasteiger partial charge in [0.2, 0.25) is 0 Å². The van der Waals surface area contributed by atoms with E-state index in [-0.39, 0.29) is 24.8 Å². The number of H-pyrrole nitrogens is 1. The zero-order chi connectivity index (χ0) is 11.4. The molecule has 1 saturated heterocycles. The van der Waals surface area contributed by atoms with Crippen molar-refractivity contribution in [2.75, 3.05) is 26.2 Å². The zero-order valence-corrected chi connectivity index (χ0v) is 12.8. The van der Waals surface area contributed by atoms with Crippen LogP contribution in [0.1, 0.15) is 32.0 Å². The summed E-state index contributed by atoms with van der Waals surface area (Å²) in [7, 11) is 0. The Morgan fingerprint density at radius 2 is 1.94 bits per heavy atom. The summed E-state index contributed by atoms with van der Waals surface area (Å²) in [5, 5.41) is 3.42. The second-order valence-corrected chi connectivity index (χ2v) is 4.74. The summed E-state index contributed by atoms with van der Waals surface area (Å²) in [6.45, 7) is 9.19. The largest absolute Gasteiger partial charge is 0.364 e. The van der Waals surface area contributed by atoms with E-state index in [2.05, 4.69) is 41.2 Å². The maximum Gasteiger partial charge on any atom is 0.0524 e. The minimum atomic E-state index is 0. The van der Waals surface area contributed by atoms with Crippen molar-refractivity contribution >= 4 is 24.8 Å². The van der Waals surface area contributed by atoms with E-state index < -0.39 is 0 Å². The summed E-state index contributed by atoms with van der Waals surface area (Å²) in [4.78, 5) is 6.00. The Bertz CT molecular complexity index is 297. The first-order valence-electron chi connectivity index (χ1n) is 6.41. The molecule has 2 atom stereocenters. The highest BCUT2D eigenvalue weighted by atomic mass is 35.5. The molecule has 1 aromatic rings. The number of nitrogens with one attached hydrogen (secondary N) is 2. The summed E-state index contributed by atoms with van der Waals surface area (Å²) in [6, 6.07) is 4.88.